The van der Waals surface area contributed by atoms with E-state index in [2.05, 4.69) is 21.3 Å². The van der Waals surface area contributed by atoms with Crippen LogP contribution in [-0.4, -0.2) is 105 Å². The van der Waals surface area contributed by atoms with Crippen LogP contribution in [0.15, 0.2) is 91.0 Å². The number of ether oxygens (including phenoxy) is 6. The topological polar surface area (TPSA) is 249 Å². The normalized spacial score (nSPS) is 12.4. The van der Waals surface area contributed by atoms with Gasteiger partial charge in [-0.05, 0) is 69.6 Å². The number of carbonyl (C=O) groups excluding carboxylic acids is 7. The molecule has 3 aromatic carbocycles. The number of esters is 3. The fourth-order valence-corrected chi connectivity index (χ4v) is 5.89. The summed E-state index contributed by atoms with van der Waals surface area (Å²) >= 11 is 0. The number of hydrogen-bond donors (Lipinski definition) is 5. The first kappa shape index (κ1) is 54.0. The van der Waals surface area contributed by atoms with Gasteiger partial charge in [-0.1, -0.05) is 91.0 Å². The van der Waals surface area contributed by atoms with E-state index in [0.717, 1.165) is 11.1 Å². The van der Waals surface area contributed by atoms with Crippen molar-refractivity contribution < 1.29 is 62.0 Å². The van der Waals surface area contributed by atoms with Crippen LogP contribution < -0.4 is 27.0 Å². The molecule has 6 N–H and O–H groups in total. The molecule has 0 fully saturated rings. The molecule has 0 spiro atoms. The number of nitrogens with one attached hydrogen (secondary N) is 4. The molecule has 360 valence electrons. The minimum Gasteiger partial charge on any atom is -0.461 e. The van der Waals surface area contributed by atoms with Crippen LogP contribution in [0.4, 0.5) is 4.79 Å². The number of carbonyl (C=O) groups is 7. The molecule has 3 unspecified atom stereocenters. The van der Waals surface area contributed by atoms with Crippen molar-refractivity contribution in [1.82, 2.24) is 21.3 Å². The van der Waals surface area contributed by atoms with E-state index in [1.165, 1.54) is 0 Å². The standard InChI is InChI=1S/C48H65N5O13/c1-48(2,3)66-47(60)51-26-14-13-21-38(49)44(57)50-27-28-61-29-30-62-34-41(54)52-39(22-24-42(55)63-31-35-15-7-4-8-16-35)45(58)53-40(46(59)65-33-37-19-11-6-12-20-37)23-25-43(56)64-32-36-17-9-5-10-18-36/h4-12,15-20,38-40H,13-14,21-34,49H2,1-3H3,(H,50,57)(H,51,60)(H,52,54)(H,53,58). The van der Waals surface area contributed by atoms with E-state index in [9.17, 15) is 33.6 Å². The maximum atomic E-state index is 13.8. The predicted octanol–water partition coefficient (Wildman–Crippen LogP) is 3.92. The van der Waals surface area contributed by atoms with Gasteiger partial charge in [0.2, 0.25) is 17.7 Å². The van der Waals surface area contributed by atoms with Crippen molar-refractivity contribution in [2.75, 3.05) is 39.5 Å². The maximum Gasteiger partial charge on any atom is 0.407 e. The van der Waals surface area contributed by atoms with Crippen molar-refractivity contribution in [3.8, 4) is 0 Å². The Morgan fingerprint density at radius 3 is 1.62 bits per heavy atom. The van der Waals surface area contributed by atoms with Crippen LogP contribution in [0.5, 0.6) is 0 Å². The van der Waals surface area contributed by atoms with Crippen molar-refractivity contribution in [2.24, 2.45) is 5.73 Å². The molecule has 3 aromatic rings. The van der Waals surface area contributed by atoms with Crippen LogP contribution in [-0.2, 0) is 77.0 Å². The van der Waals surface area contributed by atoms with Gasteiger partial charge in [0.25, 0.3) is 0 Å². The van der Waals surface area contributed by atoms with E-state index in [-0.39, 0.29) is 77.8 Å². The van der Waals surface area contributed by atoms with Gasteiger partial charge in [0, 0.05) is 25.9 Å². The molecular weight excluding hydrogens is 855 g/mol. The minimum absolute atomic E-state index is 0.00339. The Labute approximate surface area is 386 Å². The summed E-state index contributed by atoms with van der Waals surface area (Å²) in [5, 5.41) is 10.5. The summed E-state index contributed by atoms with van der Waals surface area (Å²) in [4.78, 5) is 89.8. The Kier molecular flexibility index (Phi) is 25.1. The monoisotopic (exact) mass is 919 g/mol. The number of benzene rings is 3. The Balaban J connectivity index is 1.48. The first-order valence-corrected chi connectivity index (χ1v) is 22.0. The lowest BCUT2D eigenvalue weighted by molar-refractivity contribution is -0.151. The van der Waals surface area contributed by atoms with Gasteiger partial charge in [-0.25, -0.2) is 9.59 Å². The first-order valence-electron chi connectivity index (χ1n) is 22.0. The second kappa shape index (κ2) is 30.7. The summed E-state index contributed by atoms with van der Waals surface area (Å²) in [5.74, 6) is -3.89. The fourth-order valence-electron chi connectivity index (χ4n) is 5.89. The van der Waals surface area contributed by atoms with E-state index < -0.39 is 66.1 Å². The van der Waals surface area contributed by atoms with Crippen LogP contribution in [0.25, 0.3) is 0 Å². The highest BCUT2D eigenvalue weighted by Crippen LogP contribution is 2.11. The molecule has 4 amide bonds. The molecule has 0 aliphatic heterocycles. The summed E-state index contributed by atoms with van der Waals surface area (Å²) in [6.45, 7) is 5.60. The number of hydrogen-bond acceptors (Lipinski definition) is 14. The summed E-state index contributed by atoms with van der Waals surface area (Å²) in [5.41, 5.74) is 7.63. The zero-order valence-corrected chi connectivity index (χ0v) is 38.1. The molecule has 3 rings (SSSR count). The number of nitrogens with two attached hydrogens (primary N) is 1. The third-order valence-electron chi connectivity index (χ3n) is 9.33. The van der Waals surface area contributed by atoms with Crippen molar-refractivity contribution >= 4 is 41.7 Å². The van der Waals surface area contributed by atoms with Crippen molar-refractivity contribution in [3.63, 3.8) is 0 Å². The average molecular weight is 920 g/mol. The van der Waals surface area contributed by atoms with Gasteiger partial charge in [-0.15, -0.1) is 0 Å². The van der Waals surface area contributed by atoms with Gasteiger partial charge < -0.3 is 55.4 Å². The molecule has 0 saturated heterocycles. The van der Waals surface area contributed by atoms with Crippen molar-refractivity contribution in [2.45, 2.75) is 109 Å². The molecule has 0 heterocycles. The van der Waals surface area contributed by atoms with Gasteiger partial charge >= 0.3 is 24.0 Å². The molecule has 0 radical (unpaired) electrons. The minimum atomic E-state index is -1.32. The van der Waals surface area contributed by atoms with E-state index in [1.807, 2.05) is 30.3 Å². The second-order valence-corrected chi connectivity index (χ2v) is 16.1. The van der Waals surface area contributed by atoms with Crippen LogP contribution in [0, 0.1) is 0 Å². The number of unbranched alkanes of at least 4 members (excludes halogenated alkanes) is 1. The van der Waals surface area contributed by atoms with Gasteiger partial charge in [0.1, 0.15) is 44.1 Å². The van der Waals surface area contributed by atoms with E-state index in [0.29, 0.717) is 31.4 Å². The Bertz CT molecular complexity index is 1930. The molecule has 18 heteroatoms. The molecular formula is C48H65N5O13. The molecule has 0 aliphatic carbocycles. The van der Waals surface area contributed by atoms with Crippen LogP contribution >= 0.6 is 0 Å². The smallest absolute Gasteiger partial charge is 0.407 e. The summed E-state index contributed by atoms with van der Waals surface area (Å²) in [6.07, 6.45) is 0.296. The zero-order valence-electron chi connectivity index (χ0n) is 38.1. The van der Waals surface area contributed by atoms with Crippen LogP contribution in [0.1, 0.15) is 82.4 Å². The molecule has 0 saturated carbocycles. The Morgan fingerprint density at radius 2 is 1.08 bits per heavy atom. The second-order valence-electron chi connectivity index (χ2n) is 16.1. The largest absolute Gasteiger partial charge is 0.461 e. The van der Waals surface area contributed by atoms with E-state index in [1.54, 1.807) is 81.4 Å². The predicted molar refractivity (Wildman–Crippen MR) is 242 cm³/mol. The summed E-state index contributed by atoms with van der Waals surface area (Å²) < 4.78 is 32.4. The quantitative estimate of drug-likeness (QED) is 0.0362. The lowest BCUT2D eigenvalue weighted by Crippen LogP contribution is -2.52. The fraction of sp³-hybridized carbons (Fsp3) is 0.479. The molecule has 3 atom stereocenters. The molecule has 0 bridgehead atoms. The number of amides is 4. The highest BCUT2D eigenvalue weighted by atomic mass is 16.6. The van der Waals surface area contributed by atoms with Crippen LogP contribution in [0.2, 0.25) is 0 Å². The lowest BCUT2D eigenvalue weighted by atomic mass is 10.1. The third-order valence-corrected chi connectivity index (χ3v) is 9.33. The number of alkyl carbamates (subject to hydrolysis) is 1. The highest BCUT2D eigenvalue weighted by molar-refractivity contribution is 5.91. The van der Waals surface area contributed by atoms with Crippen molar-refractivity contribution in [1.29, 1.82) is 0 Å². The third kappa shape index (κ3) is 24.6. The molecule has 66 heavy (non-hydrogen) atoms. The Morgan fingerprint density at radius 1 is 0.561 bits per heavy atom. The SMILES string of the molecule is CC(C)(C)OC(=O)NCCCCC(N)C(=O)NCCOCCOCC(=O)NC(CCC(=O)OCc1ccccc1)C(=O)NC(CCC(=O)OCc1ccccc1)C(=O)OCc1ccccc1. The first-order chi connectivity index (χ1) is 31.7. The van der Waals surface area contributed by atoms with E-state index >= 15 is 0 Å². The molecule has 0 aromatic heterocycles. The number of rotatable bonds is 30. The van der Waals surface area contributed by atoms with Gasteiger partial charge in [-0.3, -0.25) is 24.0 Å². The van der Waals surface area contributed by atoms with Gasteiger partial charge in [0.15, 0.2) is 0 Å². The Hall–Kier alpha value is -6.37. The summed E-state index contributed by atoms with van der Waals surface area (Å²) in [6, 6.07) is 23.6. The van der Waals surface area contributed by atoms with Gasteiger partial charge in [0.05, 0.1) is 25.9 Å². The lowest BCUT2D eigenvalue weighted by Gasteiger charge is -2.22. The van der Waals surface area contributed by atoms with Gasteiger partial charge in [-0.2, -0.15) is 0 Å². The zero-order chi connectivity index (χ0) is 48.0. The average Bonchev–Trinajstić information content (AvgIpc) is 3.30. The van der Waals surface area contributed by atoms with E-state index in [4.69, 9.17) is 34.2 Å². The molecule has 18 nitrogen and oxygen atoms in total. The van der Waals surface area contributed by atoms with Crippen molar-refractivity contribution in [3.05, 3.63) is 108 Å². The summed E-state index contributed by atoms with van der Waals surface area (Å²) in [7, 11) is 0. The maximum absolute atomic E-state index is 13.8. The molecule has 0 aliphatic rings. The van der Waals surface area contributed by atoms with Crippen LogP contribution in [0.3, 0.4) is 0 Å². The highest BCUT2D eigenvalue weighted by Gasteiger charge is 2.29.